The van der Waals surface area contributed by atoms with E-state index in [9.17, 15) is 8.42 Å². The van der Waals surface area contributed by atoms with Gasteiger partial charge in [-0.05, 0) is 55.9 Å². The first-order chi connectivity index (χ1) is 17.4. The van der Waals surface area contributed by atoms with Crippen LogP contribution < -0.4 is 15.4 Å². The van der Waals surface area contributed by atoms with E-state index in [-0.39, 0.29) is 17.8 Å². The fourth-order valence-corrected chi connectivity index (χ4v) is 5.94. The average molecular weight is 537 g/mol. The number of nitrogens with zero attached hydrogens (tertiary/aromatic N) is 3. The molecule has 11 heteroatoms. The smallest absolute Gasteiger partial charge is 0.229 e. The molecule has 0 radical (unpaired) electrons. The summed E-state index contributed by atoms with van der Waals surface area (Å²) in [6.07, 6.45) is 7.21. The van der Waals surface area contributed by atoms with E-state index in [1.165, 1.54) is 11.1 Å². The normalized spacial score (nSPS) is 21.0. The van der Waals surface area contributed by atoms with Gasteiger partial charge in [0.05, 0.1) is 18.6 Å². The monoisotopic (exact) mass is 536 g/mol. The number of benzene rings is 1. The van der Waals surface area contributed by atoms with Gasteiger partial charge in [-0.2, -0.15) is 4.98 Å². The molecule has 0 amide bonds. The van der Waals surface area contributed by atoms with Gasteiger partial charge in [0.1, 0.15) is 5.02 Å². The molecule has 0 spiro atoms. The minimum absolute atomic E-state index is 0.0600. The van der Waals surface area contributed by atoms with Crippen LogP contribution in [0, 0.1) is 0 Å². The predicted molar refractivity (Wildman–Crippen MR) is 145 cm³/mol. The summed E-state index contributed by atoms with van der Waals surface area (Å²) < 4.78 is 32.4. The third-order valence-corrected chi connectivity index (χ3v) is 8.71. The zero-order chi connectivity index (χ0) is 25.5. The number of hydrogen-bond acceptors (Lipinski definition) is 8. The Labute approximate surface area is 219 Å². The van der Waals surface area contributed by atoms with Crippen LogP contribution in [0.15, 0.2) is 24.4 Å². The molecule has 36 heavy (non-hydrogen) atoms. The molecule has 198 valence electrons. The van der Waals surface area contributed by atoms with Gasteiger partial charge < -0.3 is 20.3 Å². The number of sulfonamides is 1. The second-order valence-electron chi connectivity index (χ2n) is 9.50. The standard InChI is InChI=1S/C25H37ClN6O3S/c1-3-36(33,34)31-23-7-5-4-6-22(23)29-24-21(26)17-27-25(30-24)28-20-9-8-18-10-12-32(14-15-35-2)13-11-19(18)16-20/h8-9,16-17,22-23,31H,3-7,10-15H2,1-2H3,(H2,27,28,29,30)/t22-,23-/m1/s1. The predicted octanol–water partition coefficient (Wildman–Crippen LogP) is 3.58. The molecular formula is C25H37ClN6O3S. The lowest BCUT2D eigenvalue weighted by Gasteiger charge is -2.33. The maximum atomic E-state index is 12.2. The number of aromatic nitrogens is 2. The molecular weight excluding hydrogens is 500 g/mol. The zero-order valence-corrected chi connectivity index (χ0v) is 22.7. The van der Waals surface area contributed by atoms with E-state index in [1.807, 2.05) is 0 Å². The number of anilines is 3. The molecule has 1 saturated carbocycles. The Morgan fingerprint density at radius 3 is 2.64 bits per heavy atom. The molecule has 3 N–H and O–H groups in total. The Balaban J connectivity index is 1.44. The number of hydrogen-bond donors (Lipinski definition) is 3. The van der Waals surface area contributed by atoms with Crippen molar-refractivity contribution in [2.24, 2.45) is 0 Å². The van der Waals surface area contributed by atoms with Crippen molar-refractivity contribution in [3.05, 3.63) is 40.5 Å². The molecule has 1 aromatic carbocycles. The second kappa shape index (κ2) is 12.5. The maximum Gasteiger partial charge on any atom is 0.229 e. The van der Waals surface area contributed by atoms with Crippen molar-refractivity contribution in [3.63, 3.8) is 0 Å². The van der Waals surface area contributed by atoms with Gasteiger partial charge in [0.2, 0.25) is 16.0 Å². The van der Waals surface area contributed by atoms with Crippen molar-refractivity contribution in [2.45, 2.75) is 57.5 Å². The Morgan fingerprint density at radius 1 is 1.14 bits per heavy atom. The third-order valence-electron chi connectivity index (χ3n) is 7.01. The number of halogens is 1. The summed E-state index contributed by atoms with van der Waals surface area (Å²) in [6.45, 7) is 5.39. The molecule has 9 nitrogen and oxygen atoms in total. The zero-order valence-electron chi connectivity index (χ0n) is 21.1. The molecule has 2 heterocycles. The van der Waals surface area contributed by atoms with Crippen molar-refractivity contribution < 1.29 is 13.2 Å². The van der Waals surface area contributed by atoms with E-state index in [0.717, 1.165) is 70.5 Å². The minimum Gasteiger partial charge on any atom is -0.383 e. The topological polar surface area (TPSA) is 108 Å². The highest BCUT2D eigenvalue weighted by molar-refractivity contribution is 7.89. The first-order valence-electron chi connectivity index (χ1n) is 12.8. The summed E-state index contributed by atoms with van der Waals surface area (Å²) in [4.78, 5) is 11.4. The summed E-state index contributed by atoms with van der Waals surface area (Å²) in [5, 5.41) is 7.11. The van der Waals surface area contributed by atoms with E-state index in [1.54, 1.807) is 20.2 Å². The molecule has 1 fully saturated rings. The fourth-order valence-electron chi connectivity index (χ4n) is 4.89. The van der Waals surface area contributed by atoms with Crippen molar-refractivity contribution in [1.82, 2.24) is 19.6 Å². The van der Waals surface area contributed by atoms with Crippen LogP contribution in [0.2, 0.25) is 5.02 Å². The minimum atomic E-state index is -3.30. The van der Waals surface area contributed by atoms with E-state index in [0.29, 0.717) is 16.8 Å². The van der Waals surface area contributed by atoms with Gasteiger partial charge in [0.25, 0.3) is 0 Å². The number of nitrogens with one attached hydrogen (secondary N) is 3. The number of ether oxygens (including phenoxy) is 1. The summed E-state index contributed by atoms with van der Waals surface area (Å²) in [7, 11) is -1.56. The van der Waals surface area contributed by atoms with Crippen LogP contribution in [0.4, 0.5) is 17.5 Å². The van der Waals surface area contributed by atoms with Gasteiger partial charge in [-0.1, -0.05) is 30.5 Å². The quantitative estimate of drug-likeness (QED) is 0.423. The molecule has 1 aliphatic heterocycles. The van der Waals surface area contributed by atoms with Gasteiger partial charge in [0.15, 0.2) is 5.82 Å². The molecule has 0 bridgehead atoms. The largest absolute Gasteiger partial charge is 0.383 e. The Morgan fingerprint density at radius 2 is 1.89 bits per heavy atom. The molecule has 1 aliphatic carbocycles. The van der Waals surface area contributed by atoms with E-state index in [2.05, 4.69) is 48.4 Å². The lowest BCUT2D eigenvalue weighted by molar-refractivity contribution is 0.150. The SMILES string of the molecule is CCS(=O)(=O)N[C@@H]1CCCC[C@H]1Nc1nc(Nc2ccc3c(c2)CCN(CCOC)CC3)ncc1Cl. The molecule has 2 aliphatic rings. The second-order valence-corrected chi connectivity index (χ2v) is 11.9. The van der Waals surface area contributed by atoms with Crippen LogP contribution in [0.25, 0.3) is 0 Å². The first-order valence-corrected chi connectivity index (χ1v) is 14.8. The van der Waals surface area contributed by atoms with Crippen LogP contribution in [0.1, 0.15) is 43.7 Å². The molecule has 4 rings (SSSR count). The first kappa shape index (κ1) is 27.1. The Bertz CT molecular complexity index is 1130. The summed E-state index contributed by atoms with van der Waals surface area (Å²) >= 11 is 6.42. The molecule has 2 aromatic rings. The van der Waals surface area contributed by atoms with Gasteiger partial charge >= 0.3 is 0 Å². The van der Waals surface area contributed by atoms with Crippen LogP contribution >= 0.6 is 11.6 Å². The van der Waals surface area contributed by atoms with Crippen molar-refractivity contribution >= 4 is 39.1 Å². The number of fused-ring (bicyclic) bond motifs is 1. The van der Waals surface area contributed by atoms with E-state index in [4.69, 9.17) is 16.3 Å². The lowest BCUT2D eigenvalue weighted by Crippen LogP contribution is -2.49. The summed E-state index contributed by atoms with van der Waals surface area (Å²) in [5.41, 5.74) is 3.64. The van der Waals surface area contributed by atoms with Crippen LogP contribution in [-0.2, 0) is 27.6 Å². The summed E-state index contributed by atoms with van der Waals surface area (Å²) in [5.74, 6) is 1.01. The van der Waals surface area contributed by atoms with Gasteiger partial charge in [-0.15, -0.1) is 0 Å². The molecule has 2 atom stereocenters. The highest BCUT2D eigenvalue weighted by Gasteiger charge is 2.29. The van der Waals surface area contributed by atoms with Gasteiger partial charge in [-0.25, -0.2) is 18.1 Å². The van der Waals surface area contributed by atoms with E-state index >= 15 is 0 Å². The highest BCUT2D eigenvalue weighted by Crippen LogP contribution is 2.28. The molecule has 0 unspecified atom stereocenters. The molecule has 0 saturated heterocycles. The Kier molecular flexibility index (Phi) is 9.41. The highest BCUT2D eigenvalue weighted by atomic mass is 35.5. The molecule has 1 aromatic heterocycles. The summed E-state index contributed by atoms with van der Waals surface area (Å²) in [6, 6.07) is 6.13. The third kappa shape index (κ3) is 7.29. The van der Waals surface area contributed by atoms with Crippen LogP contribution in [-0.4, -0.2) is 74.5 Å². The average Bonchev–Trinajstić information content (AvgIpc) is 3.07. The lowest BCUT2D eigenvalue weighted by atomic mass is 9.91. The number of methoxy groups -OCH3 is 1. The van der Waals surface area contributed by atoms with Crippen LogP contribution in [0.5, 0.6) is 0 Å². The van der Waals surface area contributed by atoms with Crippen molar-refractivity contribution in [3.8, 4) is 0 Å². The van der Waals surface area contributed by atoms with Crippen LogP contribution in [0.3, 0.4) is 0 Å². The number of rotatable bonds is 10. The van der Waals surface area contributed by atoms with Gasteiger partial charge in [0, 0.05) is 44.5 Å². The Hall–Kier alpha value is -1.98. The van der Waals surface area contributed by atoms with Crippen molar-refractivity contribution in [1.29, 1.82) is 0 Å². The van der Waals surface area contributed by atoms with E-state index < -0.39 is 10.0 Å². The van der Waals surface area contributed by atoms with Crippen molar-refractivity contribution in [2.75, 3.05) is 49.7 Å². The fraction of sp³-hybridized carbons (Fsp3) is 0.600. The van der Waals surface area contributed by atoms with Gasteiger partial charge in [-0.3, -0.25) is 0 Å². The maximum absolute atomic E-state index is 12.2.